The second-order valence-corrected chi connectivity index (χ2v) is 10.7. The van der Waals surface area contributed by atoms with E-state index in [9.17, 15) is 44.3 Å². The number of rotatable bonds is 6. The molecule has 2 saturated heterocycles. The van der Waals surface area contributed by atoms with Crippen LogP contribution in [0, 0.1) is 0 Å². The third-order valence-electron chi connectivity index (χ3n) is 7.71. The monoisotopic (exact) mass is 611 g/mol. The molecule has 0 radical (unpaired) electrons. The zero-order valence-corrected chi connectivity index (χ0v) is 22.1. The van der Waals surface area contributed by atoms with Crippen molar-refractivity contribution in [1.29, 1.82) is 0 Å². The normalized spacial score (nSPS) is 22.4. The minimum Gasteiger partial charge on any atom is -0.439 e. The minimum atomic E-state index is -5.11. The molecule has 1 amide bonds. The highest BCUT2D eigenvalue weighted by Crippen LogP contribution is 2.43. The standard InChI is InChI=1S/C27H26F9N3O3/c1-14-22(15-8-17(25(28,29)30)11-18(9-15)26(31,32)33)42-24(40)38(14)13-16-10-19(27(34,35)36)12-37-23(16)39(20-2-3-20)21-4-6-41-7-5-21/h8-12,14,20-22H,2-7,13H2,1H3. The van der Waals surface area contributed by atoms with Crippen LogP contribution in [0.4, 0.5) is 50.1 Å². The van der Waals surface area contributed by atoms with Crippen molar-refractivity contribution in [3.8, 4) is 0 Å². The second-order valence-electron chi connectivity index (χ2n) is 10.7. The zero-order valence-electron chi connectivity index (χ0n) is 22.1. The topological polar surface area (TPSA) is 54.9 Å². The minimum absolute atomic E-state index is 0.0256. The number of aromatic nitrogens is 1. The Labute approximate surface area is 234 Å². The summed E-state index contributed by atoms with van der Waals surface area (Å²) in [5, 5.41) is 0. The molecule has 2 unspecified atom stereocenters. The van der Waals surface area contributed by atoms with Crippen molar-refractivity contribution >= 4 is 11.9 Å². The fraction of sp³-hybridized carbons (Fsp3) is 0.556. The lowest BCUT2D eigenvalue weighted by molar-refractivity contribution is -0.143. The van der Waals surface area contributed by atoms with Crippen molar-refractivity contribution in [2.45, 2.75) is 81.9 Å². The van der Waals surface area contributed by atoms with Crippen LogP contribution in [-0.4, -0.2) is 47.3 Å². The van der Waals surface area contributed by atoms with Gasteiger partial charge in [0.25, 0.3) is 0 Å². The number of hydrogen-bond acceptors (Lipinski definition) is 5. The molecule has 0 bridgehead atoms. The largest absolute Gasteiger partial charge is 0.439 e. The Morgan fingerprint density at radius 3 is 1.90 bits per heavy atom. The van der Waals surface area contributed by atoms with Gasteiger partial charge in [-0.05, 0) is 62.4 Å². The summed E-state index contributed by atoms with van der Waals surface area (Å²) in [6, 6.07) is 0.618. The average molecular weight is 612 g/mol. The summed E-state index contributed by atoms with van der Waals surface area (Å²) in [6.45, 7) is 1.80. The van der Waals surface area contributed by atoms with Crippen molar-refractivity contribution in [1.82, 2.24) is 9.88 Å². The van der Waals surface area contributed by atoms with Gasteiger partial charge < -0.3 is 14.4 Å². The third kappa shape index (κ3) is 6.25. The van der Waals surface area contributed by atoms with Crippen LogP contribution in [0.15, 0.2) is 30.5 Å². The SMILES string of the molecule is CC1C(c2cc(C(F)(F)F)cc(C(F)(F)F)c2)OC(=O)N1Cc1cc(C(F)(F)F)cnc1N(C1CCOCC1)C1CC1. The van der Waals surface area contributed by atoms with Crippen molar-refractivity contribution in [2.24, 2.45) is 0 Å². The number of anilines is 1. The van der Waals surface area contributed by atoms with Gasteiger partial charge in [0.15, 0.2) is 0 Å². The Balaban J connectivity index is 1.50. The molecule has 2 atom stereocenters. The van der Waals surface area contributed by atoms with E-state index in [1.54, 1.807) is 0 Å². The number of alkyl halides is 9. The van der Waals surface area contributed by atoms with Gasteiger partial charge in [-0.1, -0.05) is 0 Å². The fourth-order valence-electron chi connectivity index (χ4n) is 5.45. The lowest BCUT2D eigenvalue weighted by Gasteiger charge is -2.37. The van der Waals surface area contributed by atoms with E-state index in [0.717, 1.165) is 23.8 Å². The molecule has 5 rings (SSSR count). The maximum atomic E-state index is 13.7. The highest BCUT2D eigenvalue weighted by atomic mass is 19.4. The molecule has 0 spiro atoms. The first-order valence-corrected chi connectivity index (χ1v) is 13.2. The number of benzene rings is 1. The van der Waals surface area contributed by atoms with E-state index in [-0.39, 0.29) is 29.5 Å². The summed E-state index contributed by atoms with van der Waals surface area (Å²) in [6.07, 6.45) is -14.1. The molecule has 0 N–H and O–H groups in total. The van der Waals surface area contributed by atoms with Gasteiger partial charge in [-0.2, -0.15) is 39.5 Å². The summed E-state index contributed by atoms with van der Waals surface area (Å²) in [4.78, 5) is 20.0. The van der Waals surface area contributed by atoms with Gasteiger partial charge in [0.05, 0.1) is 29.3 Å². The molecule has 2 aromatic rings. The Morgan fingerprint density at radius 1 is 0.833 bits per heavy atom. The van der Waals surface area contributed by atoms with Crippen LogP contribution in [0.2, 0.25) is 0 Å². The van der Waals surface area contributed by atoms with E-state index in [2.05, 4.69) is 4.98 Å². The number of cyclic esters (lactones) is 1. The Morgan fingerprint density at radius 2 is 1.38 bits per heavy atom. The van der Waals surface area contributed by atoms with Gasteiger partial charge in [-0.25, -0.2) is 9.78 Å². The van der Waals surface area contributed by atoms with Crippen LogP contribution < -0.4 is 4.90 Å². The summed E-state index contributed by atoms with van der Waals surface area (Å²) < 4.78 is 132. The van der Waals surface area contributed by atoms with E-state index in [0.29, 0.717) is 44.4 Å². The van der Waals surface area contributed by atoms with Crippen molar-refractivity contribution in [2.75, 3.05) is 18.1 Å². The molecule has 3 aliphatic rings. The highest BCUT2D eigenvalue weighted by molar-refractivity contribution is 5.71. The van der Waals surface area contributed by atoms with Crippen LogP contribution in [0.5, 0.6) is 0 Å². The zero-order chi connectivity index (χ0) is 30.6. The predicted octanol–water partition coefficient (Wildman–Crippen LogP) is 7.37. The molecule has 1 saturated carbocycles. The van der Waals surface area contributed by atoms with Gasteiger partial charge in [-0.3, -0.25) is 4.90 Å². The summed E-state index contributed by atoms with van der Waals surface area (Å²) in [7, 11) is 0. The number of halogens is 9. The molecular formula is C27H26F9N3O3. The average Bonchev–Trinajstić information content (AvgIpc) is 3.70. The van der Waals surface area contributed by atoms with Crippen molar-refractivity contribution in [3.05, 3.63) is 58.3 Å². The number of hydrogen-bond donors (Lipinski definition) is 0. The number of nitrogens with zero attached hydrogens (tertiary/aromatic N) is 3. The van der Waals surface area contributed by atoms with E-state index < -0.39 is 65.6 Å². The third-order valence-corrected chi connectivity index (χ3v) is 7.71. The predicted molar refractivity (Wildman–Crippen MR) is 129 cm³/mol. The molecular weight excluding hydrogens is 585 g/mol. The quantitative estimate of drug-likeness (QED) is 0.320. The van der Waals surface area contributed by atoms with Gasteiger partial charge in [0.1, 0.15) is 11.9 Å². The molecule has 3 heterocycles. The maximum absolute atomic E-state index is 13.7. The summed E-state index contributed by atoms with van der Waals surface area (Å²) in [5.74, 6) is 0.235. The number of pyridine rings is 1. The number of carbonyl (C=O) groups is 1. The Kier molecular flexibility index (Phi) is 7.77. The molecule has 42 heavy (non-hydrogen) atoms. The molecule has 230 valence electrons. The Bertz CT molecular complexity index is 1290. The van der Waals surface area contributed by atoms with Crippen molar-refractivity contribution < 1.29 is 53.8 Å². The van der Waals surface area contributed by atoms with E-state index >= 15 is 0 Å². The van der Waals surface area contributed by atoms with Crippen LogP contribution in [0.3, 0.4) is 0 Å². The second kappa shape index (κ2) is 10.8. The molecule has 1 aliphatic carbocycles. The first kappa shape index (κ1) is 30.2. The summed E-state index contributed by atoms with van der Waals surface area (Å²) in [5.41, 5.74) is -4.71. The van der Waals surface area contributed by atoms with Gasteiger partial charge in [0.2, 0.25) is 0 Å². The van der Waals surface area contributed by atoms with Gasteiger partial charge in [-0.15, -0.1) is 0 Å². The number of carbonyl (C=O) groups excluding carboxylic acids is 1. The van der Waals surface area contributed by atoms with Crippen LogP contribution in [-0.2, 0) is 34.5 Å². The van der Waals surface area contributed by atoms with Gasteiger partial charge >= 0.3 is 24.6 Å². The molecule has 1 aromatic carbocycles. The molecule has 3 fully saturated rings. The Hall–Kier alpha value is -3.23. The van der Waals surface area contributed by atoms with Crippen LogP contribution >= 0.6 is 0 Å². The van der Waals surface area contributed by atoms with E-state index in [1.807, 2.05) is 4.90 Å². The lowest BCUT2D eigenvalue weighted by atomic mass is 9.97. The van der Waals surface area contributed by atoms with Gasteiger partial charge in [0, 0.05) is 37.1 Å². The molecule has 6 nitrogen and oxygen atoms in total. The first-order chi connectivity index (χ1) is 19.5. The molecule has 1 aromatic heterocycles. The van der Waals surface area contributed by atoms with E-state index in [1.165, 1.54) is 6.92 Å². The first-order valence-electron chi connectivity index (χ1n) is 13.2. The summed E-state index contributed by atoms with van der Waals surface area (Å²) >= 11 is 0. The van der Waals surface area contributed by atoms with Crippen LogP contribution in [0.1, 0.15) is 66.5 Å². The lowest BCUT2D eigenvalue weighted by Crippen LogP contribution is -2.42. The maximum Gasteiger partial charge on any atom is 0.417 e. The molecule has 15 heteroatoms. The van der Waals surface area contributed by atoms with E-state index in [4.69, 9.17) is 9.47 Å². The van der Waals surface area contributed by atoms with Crippen LogP contribution in [0.25, 0.3) is 0 Å². The smallest absolute Gasteiger partial charge is 0.417 e. The number of amides is 1. The highest BCUT2D eigenvalue weighted by Gasteiger charge is 2.45. The fourth-order valence-corrected chi connectivity index (χ4v) is 5.45. The molecule has 2 aliphatic heterocycles. The van der Waals surface area contributed by atoms with Crippen molar-refractivity contribution in [3.63, 3.8) is 0 Å². The number of ether oxygens (including phenoxy) is 2.